The second kappa shape index (κ2) is 17.0. The highest BCUT2D eigenvalue weighted by Gasteiger charge is 2.59. The van der Waals surface area contributed by atoms with Gasteiger partial charge in [0, 0.05) is 32.5 Å². The van der Waals surface area contributed by atoms with Crippen molar-refractivity contribution < 1.29 is 43.4 Å². The molecular weight excluding hydrogens is 588 g/mol. The maximum Gasteiger partial charge on any atom is 0.316 e. The van der Waals surface area contributed by atoms with E-state index in [-0.39, 0.29) is 37.6 Å². The number of aliphatic hydroxyl groups is 2. The molecule has 3 fully saturated rings. The number of esters is 1. The number of carbonyl (C=O) groups excluding carboxylic acids is 1. The number of hydrogen-bond acceptors (Lipinski definition) is 9. The molecule has 0 aromatic carbocycles. The summed E-state index contributed by atoms with van der Waals surface area (Å²) in [6.07, 6.45) is 13.1. The average molecular weight is 647 g/mol. The molecule has 0 aromatic rings. The normalized spacial score (nSPS) is 42.1. The van der Waals surface area contributed by atoms with E-state index in [0.717, 1.165) is 24.0 Å². The molecule has 4 heterocycles. The van der Waals surface area contributed by atoms with Gasteiger partial charge in [0.15, 0.2) is 0 Å². The number of hydrogen-bond donors (Lipinski definition) is 2. The van der Waals surface area contributed by atoms with Gasteiger partial charge in [0.2, 0.25) is 0 Å². The molecule has 5 aliphatic rings. The summed E-state index contributed by atoms with van der Waals surface area (Å²) in [6.45, 7) is 14.5. The lowest BCUT2D eigenvalue weighted by atomic mass is 9.71. The third-order valence-electron chi connectivity index (χ3n) is 10.5. The fraction of sp³-hybridized carbons (Fsp3) is 0.757. The largest absolute Gasteiger partial charge is 0.462 e. The van der Waals surface area contributed by atoms with E-state index in [9.17, 15) is 15.0 Å². The van der Waals surface area contributed by atoms with Gasteiger partial charge >= 0.3 is 5.97 Å². The van der Waals surface area contributed by atoms with Gasteiger partial charge in [-0.15, -0.1) is 0 Å². The minimum absolute atomic E-state index is 0.0128. The first-order chi connectivity index (χ1) is 22.0. The number of rotatable bonds is 5. The van der Waals surface area contributed by atoms with Crippen LogP contribution in [0.5, 0.6) is 0 Å². The van der Waals surface area contributed by atoms with Crippen LogP contribution in [0.3, 0.4) is 0 Å². The molecule has 2 bridgehead atoms. The lowest BCUT2D eigenvalue weighted by Crippen LogP contribution is -2.57. The van der Waals surface area contributed by atoms with Crippen LogP contribution < -0.4 is 0 Å². The number of ether oxygens (including phenoxy) is 6. The maximum atomic E-state index is 13.4. The van der Waals surface area contributed by atoms with E-state index in [2.05, 4.69) is 33.8 Å². The first-order valence-electron chi connectivity index (χ1n) is 17.3. The first-order valence-corrected chi connectivity index (χ1v) is 17.3. The number of allylic oxidation sites excluding steroid dienone is 2. The molecule has 1 aliphatic carbocycles. The summed E-state index contributed by atoms with van der Waals surface area (Å²) >= 11 is 0. The van der Waals surface area contributed by atoms with Gasteiger partial charge in [0.1, 0.15) is 36.6 Å². The second-order valence-corrected chi connectivity index (χ2v) is 13.9. The summed E-state index contributed by atoms with van der Waals surface area (Å²) in [4.78, 5) is 13.4. The Labute approximate surface area is 276 Å². The lowest BCUT2D eigenvalue weighted by molar-refractivity contribution is -0.173. The number of aliphatic hydroxyl groups excluding tert-OH is 1. The highest BCUT2D eigenvalue weighted by atomic mass is 16.7. The molecule has 0 radical (unpaired) electrons. The SMILES string of the molecule is CCC(C)[C@H]1OCCC[C@@H]1C.COCO[C@H]1/C(C)=C/C[C@@H]2CC(CCO2)OC(=O)C2C=C(C)[C@@H](O)[C@H]3OC/C(=C\C=C\[C@@H]1C)[C@@]23O. The van der Waals surface area contributed by atoms with Crippen molar-refractivity contribution in [3.8, 4) is 0 Å². The quantitative estimate of drug-likeness (QED) is 0.229. The van der Waals surface area contributed by atoms with Gasteiger partial charge in [-0.2, -0.15) is 0 Å². The maximum absolute atomic E-state index is 13.4. The van der Waals surface area contributed by atoms with Crippen molar-refractivity contribution in [1.82, 2.24) is 0 Å². The molecule has 11 atom stereocenters. The van der Waals surface area contributed by atoms with Crippen LogP contribution in [0.25, 0.3) is 0 Å². The lowest BCUT2D eigenvalue weighted by Gasteiger charge is -2.41. The molecule has 46 heavy (non-hydrogen) atoms. The zero-order valence-electron chi connectivity index (χ0n) is 29.0. The van der Waals surface area contributed by atoms with Crippen molar-refractivity contribution in [1.29, 1.82) is 0 Å². The van der Waals surface area contributed by atoms with Gasteiger partial charge in [0.25, 0.3) is 0 Å². The molecule has 9 nitrogen and oxygen atoms in total. The molecule has 2 N–H and O–H groups in total. The van der Waals surface area contributed by atoms with Gasteiger partial charge in [-0.25, -0.2) is 0 Å². The monoisotopic (exact) mass is 646 g/mol. The summed E-state index contributed by atoms with van der Waals surface area (Å²) < 4.78 is 34.6. The number of carbonyl (C=O) groups is 1. The van der Waals surface area contributed by atoms with Gasteiger partial charge < -0.3 is 38.6 Å². The highest BCUT2D eigenvalue weighted by molar-refractivity contribution is 5.78. The van der Waals surface area contributed by atoms with Crippen molar-refractivity contribution in [2.45, 2.75) is 122 Å². The van der Waals surface area contributed by atoms with Crippen LogP contribution in [-0.2, 0) is 33.2 Å². The standard InChI is InChI=1S/C27H38O8.C10H20O/c1-16-6-5-7-19-14-33-25-23(28)18(3)12-22(27(19,25)30)26(29)35-21-10-11-32-20(13-21)9-8-17(2)24(16)34-15-31-4;1-4-8(2)10-9(3)6-5-7-11-10/h5-8,12,16,20-25,28,30H,9-11,13-15H2,1-4H3;8-10H,4-7H2,1-3H3/b6-5+,17-8+,19-7+;/t16-,20+,21?,22?,23+,24+,25+,27+;8?,9-,10+/m00/s1. The van der Waals surface area contributed by atoms with Crippen LogP contribution >= 0.6 is 0 Å². The Balaban J connectivity index is 0.000000369. The Hall–Kier alpha value is -1.85. The Bertz CT molecular complexity index is 1120. The van der Waals surface area contributed by atoms with E-state index < -0.39 is 29.7 Å². The van der Waals surface area contributed by atoms with Gasteiger partial charge in [0.05, 0.1) is 31.5 Å². The van der Waals surface area contributed by atoms with E-state index in [0.29, 0.717) is 43.1 Å². The van der Waals surface area contributed by atoms with Crippen molar-refractivity contribution in [3.05, 3.63) is 47.1 Å². The molecule has 3 unspecified atom stereocenters. The van der Waals surface area contributed by atoms with Gasteiger partial charge in [-0.05, 0) is 61.7 Å². The van der Waals surface area contributed by atoms with Gasteiger partial charge in [-0.3, -0.25) is 4.79 Å². The third kappa shape index (κ3) is 8.59. The molecule has 0 amide bonds. The van der Waals surface area contributed by atoms with Crippen molar-refractivity contribution >= 4 is 5.97 Å². The van der Waals surface area contributed by atoms with E-state index in [4.69, 9.17) is 28.4 Å². The highest BCUT2D eigenvalue weighted by Crippen LogP contribution is 2.45. The van der Waals surface area contributed by atoms with Gasteiger partial charge in [-0.1, -0.05) is 64.5 Å². The van der Waals surface area contributed by atoms with Crippen LogP contribution in [0.2, 0.25) is 0 Å². The Kier molecular flexibility index (Phi) is 13.7. The molecule has 0 saturated carbocycles. The van der Waals surface area contributed by atoms with E-state index in [1.807, 2.05) is 19.1 Å². The fourth-order valence-electron chi connectivity index (χ4n) is 7.46. The Morgan fingerprint density at radius 1 is 1.09 bits per heavy atom. The average Bonchev–Trinajstić information content (AvgIpc) is 3.38. The predicted molar refractivity (Wildman–Crippen MR) is 176 cm³/mol. The van der Waals surface area contributed by atoms with Crippen LogP contribution in [0.1, 0.15) is 80.1 Å². The topological polar surface area (TPSA) is 113 Å². The molecule has 9 heteroatoms. The fourth-order valence-corrected chi connectivity index (χ4v) is 7.46. The molecular formula is C37H58O9. The molecule has 0 spiro atoms. The number of methoxy groups -OCH3 is 1. The minimum Gasteiger partial charge on any atom is -0.462 e. The van der Waals surface area contributed by atoms with Crippen LogP contribution in [-0.4, -0.2) is 92.1 Å². The number of fused-ring (bicyclic) bond motifs is 2. The Morgan fingerprint density at radius 2 is 1.87 bits per heavy atom. The molecule has 3 saturated heterocycles. The predicted octanol–water partition coefficient (Wildman–Crippen LogP) is 5.45. The zero-order chi connectivity index (χ0) is 33.4. The van der Waals surface area contributed by atoms with Crippen LogP contribution in [0.4, 0.5) is 0 Å². The third-order valence-corrected chi connectivity index (χ3v) is 10.5. The Morgan fingerprint density at radius 3 is 2.59 bits per heavy atom. The molecule has 0 aromatic heterocycles. The summed E-state index contributed by atoms with van der Waals surface area (Å²) in [5.74, 6) is 0.0578. The minimum atomic E-state index is -1.69. The first kappa shape index (κ1) is 37.0. The van der Waals surface area contributed by atoms with Crippen LogP contribution in [0, 0.1) is 23.7 Å². The van der Waals surface area contributed by atoms with E-state index >= 15 is 0 Å². The summed E-state index contributed by atoms with van der Waals surface area (Å²) in [7, 11) is 1.60. The smallest absolute Gasteiger partial charge is 0.316 e. The summed E-state index contributed by atoms with van der Waals surface area (Å²) in [5.41, 5.74) is 0.507. The zero-order valence-corrected chi connectivity index (χ0v) is 29.0. The second-order valence-electron chi connectivity index (χ2n) is 13.9. The summed E-state index contributed by atoms with van der Waals surface area (Å²) in [5, 5.41) is 22.6. The molecule has 260 valence electrons. The summed E-state index contributed by atoms with van der Waals surface area (Å²) in [6, 6.07) is 0. The van der Waals surface area contributed by atoms with Crippen molar-refractivity contribution in [2.24, 2.45) is 23.7 Å². The van der Waals surface area contributed by atoms with Crippen molar-refractivity contribution in [2.75, 3.05) is 33.7 Å². The van der Waals surface area contributed by atoms with Crippen LogP contribution in [0.15, 0.2) is 47.1 Å². The van der Waals surface area contributed by atoms with Crippen molar-refractivity contribution in [3.63, 3.8) is 0 Å². The van der Waals surface area contributed by atoms with E-state index in [1.54, 1.807) is 26.2 Å². The van der Waals surface area contributed by atoms with E-state index in [1.165, 1.54) is 19.3 Å². The molecule has 5 rings (SSSR count). The molecule has 4 aliphatic heterocycles.